The van der Waals surface area contributed by atoms with Gasteiger partial charge in [0, 0.05) is 11.8 Å². The van der Waals surface area contributed by atoms with E-state index < -0.39 is 5.54 Å². The summed E-state index contributed by atoms with van der Waals surface area (Å²) in [4.78, 5) is 13.0. The predicted molar refractivity (Wildman–Crippen MR) is 111 cm³/mol. The van der Waals surface area contributed by atoms with Gasteiger partial charge in [-0.1, -0.05) is 56.1 Å². The smallest absolute Gasteiger partial charge is 0.240 e. The van der Waals surface area contributed by atoms with Gasteiger partial charge in [-0.05, 0) is 68.8 Å². The fourth-order valence-corrected chi connectivity index (χ4v) is 5.82. The fourth-order valence-electron chi connectivity index (χ4n) is 4.94. The highest BCUT2D eigenvalue weighted by Crippen LogP contribution is 2.44. The zero-order valence-electron chi connectivity index (χ0n) is 16.6. The summed E-state index contributed by atoms with van der Waals surface area (Å²) >= 11 is 1.61. The number of carbonyl (C=O) groups is 1. The topological polar surface area (TPSA) is 41.1 Å². The molecule has 2 aliphatic rings. The largest absolute Gasteiger partial charge is 0.351 e. The molecular weight excluding hydrogens is 340 g/mol. The lowest BCUT2D eigenvalue weighted by Gasteiger charge is -2.47. The van der Waals surface area contributed by atoms with Crippen LogP contribution in [0.1, 0.15) is 58.9 Å². The molecule has 4 heteroatoms. The second kappa shape index (κ2) is 8.35. The Morgan fingerprint density at radius 2 is 1.85 bits per heavy atom. The van der Waals surface area contributed by atoms with Crippen molar-refractivity contribution in [2.75, 3.05) is 0 Å². The lowest BCUT2D eigenvalue weighted by atomic mass is 9.63. The number of amides is 1. The second-order valence-corrected chi connectivity index (χ2v) is 9.93. The summed E-state index contributed by atoms with van der Waals surface area (Å²) in [5, 5.41) is 3.42. The molecule has 0 spiro atoms. The number of benzene rings is 1. The Morgan fingerprint density at radius 1 is 1.12 bits per heavy atom. The lowest BCUT2D eigenvalue weighted by Crippen LogP contribution is -2.58. The molecule has 5 atom stereocenters. The van der Waals surface area contributed by atoms with Crippen LogP contribution in [0.25, 0.3) is 0 Å². The first-order valence-electron chi connectivity index (χ1n) is 10.1. The average Bonchev–Trinajstić information content (AvgIpc) is 2.58. The van der Waals surface area contributed by atoms with Gasteiger partial charge in [0.25, 0.3) is 0 Å². The van der Waals surface area contributed by atoms with Crippen molar-refractivity contribution in [1.29, 1.82) is 0 Å². The van der Waals surface area contributed by atoms with E-state index in [-0.39, 0.29) is 5.91 Å². The maximum absolute atomic E-state index is 13.0. The minimum atomic E-state index is -0.573. The van der Waals surface area contributed by atoms with Crippen LogP contribution >= 0.6 is 11.9 Å². The van der Waals surface area contributed by atoms with Crippen molar-refractivity contribution in [2.45, 2.75) is 70.7 Å². The molecular formula is C22H34N2OS. The molecule has 144 valence electrons. The van der Waals surface area contributed by atoms with E-state index in [1.807, 2.05) is 19.9 Å². The Balaban J connectivity index is 1.53. The molecule has 0 radical (unpaired) electrons. The zero-order valence-corrected chi connectivity index (χ0v) is 17.4. The highest BCUT2D eigenvalue weighted by molar-refractivity contribution is 7.96. The van der Waals surface area contributed by atoms with Crippen molar-refractivity contribution in [1.82, 2.24) is 10.0 Å². The number of nitrogens with one attached hydrogen (secondary N) is 2. The van der Waals surface area contributed by atoms with E-state index >= 15 is 0 Å². The van der Waals surface area contributed by atoms with Crippen molar-refractivity contribution in [2.24, 2.45) is 23.7 Å². The highest BCUT2D eigenvalue weighted by Gasteiger charge is 2.42. The van der Waals surface area contributed by atoms with Crippen molar-refractivity contribution in [3.05, 3.63) is 35.9 Å². The molecule has 1 aromatic rings. The van der Waals surface area contributed by atoms with Gasteiger partial charge >= 0.3 is 0 Å². The number of hydrogen-bond donors (Lipinski definition) is 2. The molecule has 1 amide bonds. The molecule has 0 aromatic heterocycles. The SMILES string of the molecule is CC1CC2CC(C)C(NC(=O)C(C)(C)NSCc3ccccc3)C(C1)C2. The summed E-state index contributed by atoms with van der Waals surface area (Å²) in [5.41, 5.74) is 0.695. The Bertz CT molecular complexity index is 599. The van der Waals surface area contributed by atoms with Crippen LogP contribution in [0, 0.1) is 23.7 Å². The van der Waals surface area contributed by atoms with E-state index in [9.17, 15) is 4.79 Å². The van der Waals surface area contributed by atoms with Gasteiger partial charge in [0.15, 0.2) is 0 Å². The van der Waals surface area contributed by atoms with E-state index in [2.05, 4.69) is 48.2 Å². The van der Waals surface area contributed by atoms with Gasteiger partial charge in [0.1, 0.15) is 5.54 Å². The van der Waals surface area contributed by atoms with Crippen LogP contribution in [-0.2, 0) is 10.5 Å². The molecule has 3 nitrogen and oxygen atoms in total. The number of hydrogen-bond acceptors (Lipinski definition) is 3. The molecule has 2 fully saturated rings. The Kier molecular flexibility index (Phi) is 6.34. The molecule has 1 aromatic carbocycles. The monoisotopic (exact) mass is 374 g/mol. The molecule has 2 aliphatic carbocycles. The molecule has 3 rings (SSSR count). The van der Waals surface area contributed by atoms with Crippen LogP contribution in [-0.4, -0.2) is 17.5 Å². The van der Waals surface area contributed by atoms with E-state index in [4.69, 9.17) is 0 Å². The van der Waals surface area contributed by atoms with E-state index in [0.717, 1.165) is 17.6 Å². The Hall–Kier alpha value is -1.00. The van der Waals surface area contributed by atoms with Crippen LogP contribution < -0.4 is 10.0 Å². The third-order valence-electron chi connectivity index (χ3n) is 6.18. The molecule has 26 heavy (non-hydrogen) atoms. The maximum Gasteiger partial charge on any atom is 0.240 e. The van der Waals surface area contributed by atoms with Gasteiger partial charge in [-0.3, -0.25) is 4.79 Å². The molecule has 2 bridgehead atoms. The quantitative estimate of drug-likeness (QED) is 0.704. The van der Waals surface area contributed by atoms with Gasteiger partial charge in [0.2, 0.25) is 5.91 Å². The summed E-state index contributed by atoms with van der Waals surface area (Å²) in [6.07, 6.45) is 5.21. The summed E-state index contributed by atoms with van der Waals surface area (Å²) in [6, 6.07) is 10.7. The van der Waals surface area contributed by atoms with Crippen molar-refractivity contribution < 1.29 is 4.79 Å². The third kappa shape index (κ3) is 4.83. The van der Waals surface area contributed by atoms with Crippen molar-refractivity contribution in [3.63, 3.8) is 0 Å². The normalized spacial score (nSPS) is 31.5. The second-order valence-electron chi connectivity index (χ2n) is 9.15. The molecule has 2 saturated carbocycles. The first-order chi connectivity index (χ1) is 12.3. The number of rotatable bonds is 6. The minimum Gasteiger partial charge on any atom is -0.351 e. The van der Waals surface area contributed by atoms with Gasteiger partial charge in [-0.15, -0.1) is 0 Å². The highest BCUT2D eigenvalue weighted by atomic mass is 32.2. The third-order valence-corrected chi connectivity index (χ3v) is 7.31. The van der Waals surface area contributed by atoms with Crippen LogP contribution in [0.2, 0.25) is 0 Å². The van der Waals surface area contributed by atoms with Crippen LogP contribution in [0.15, 0.2) is 30.3 Å². The Labute approximate surface area is 163 Å². The molecule has 0 saturated heterocycles. The van der Waals surface area contributed by atoms with Gasteiger partial charge in [0.05, 0.1) is 0 Å². The first kappa shape index (κ1) is 19.8. The van der Waals surface area contributed by atoms with Crippen LogP contribution in [0.3, 0.4) is 0 Å². The number of carbonyl (C=O) groups excluding carboxylic acids is 1. The van der Waals surface area contributed by atoms with E-state index in [1.54, 1.807) is 11.9 Å². The maximum atomic E-state index is 13.0. The standard InChI is InChI=1S/C22H34N2OS/c1-15-10-18-12-16(2)20(19(11-15)13-18)23-21(25)22(3,4)24-26-14-17-8-6-5-7-9-17/h5-9,15-16,18-20,24H,10-14H2,1-4H3,(H,23,25). The minimum absolute atomic E-state index is 0.131. The molecule has 0 heterocycles. The summed E-state index contributed by atoms with van der Waals surface area (Å²) in [6.45, 7) is 8.67. The Morgan fingerprint density at radius 3 is 2.58 bits per heavy atom. The van der Waals surface area contributed by atoms with E-state index in [1.165, 1.54) is 31.2 Å². The van der Waals surface area contributed by atoms with Gasteiger partial charge < -0.3 is 5.32 Å². The summed E-state index contributed by atoms with van der Waals surface area (Å²) < 4.78 is 3.38. The van der Waals surface area contributed by atoms with E-state index in [0.29, 0.717) is 17.9 Å². The van der Waals surface area contributed by atoms with Crippen LogP contribution in [0.5, 0.6) is 0 Å². The van der Waals surface area contributed by atoms with Crippen molar-refractivity contribution in [3.8, 4) is 0 Å². The molecule has 0 aliphatic heterocycles. The zero-order chi connectivity index (χ0) is 18.7. The van der Waals surface area contributed by atoms with Gasteiger partial charge in [-0.2, -0.15) is 0 Å². The lowest BCUT2D eigenvalue weighted by molar-refractivity contribution is -0.128. The van der Waals surface area contributed by atoms with Crippen molar-refractivity contribution >= 4 is 17.9 Å². The summed E-state index contributed by atoms with van der Waals surface area (Å²) in [5.74, 6) is 3.91. The fraction of sp³-hybridized carbons (Fsp3) is 0.682. The van der Waals surface area contributed by atoms with Crippen LogP contribution in [0.4, 0.5) is 0 Å². The first-order valence-corrected chi connectivity index (χ1v) is 11.1. The van der Waals surface area contributed by atoms with Gasteiger partial charge in [-0.25, -0.2) is 4.72 Å². The number of fused-ring (bicyclic) bond motifs is 2. The average molecular weight is 375 g/mol. The summed E-state index contributed by atoms with van der Waals surface area (Å²) in [7, 11) is 0. The molecule has 5 unspecified atom stereocenters. The predicted octanol–water partition coefficient (Wildman–Crippen LogP) is 4.78. The molecule has 2 N–H and O–H groups in total.